The molecule has 2 saturated carbocycles. The quantitative estimate of drug-likeness (QED) is 0.133. The normalized spacial score (nSPS) is 22.1. The van der Waals surface area contributed by atoms with Crippen LogP contribution in [0, 0.1) is 11.3 Å². The second-order valence-corrected chi connectivity index (χ2v) is 17.0. The standard InChI is InChI=1S/C39H32Cl2Se2/c40-32-20-16-28(17-21-32)36(29-18-22-33(41)23-19-29)37(43-35-14-8-3-9-15-35)39-27-38(39,30-10-4-1-5-11-30)25-24-31(39)26-42-34-12-6-2-7-13-34/h1-23,31H,24-27H2/t31-,38+,39+/m0/s1. The molecule has 0 radical (unpaired) electrons. The van der Waals surface area contributed by atoms with E-state index in [0.717, 1.165) is 10.0 Å². The Hall–Kier alpha value is -2.54. The van der Waals surface area contributed by atoms with Crippen LogP contribution in [0.4, 0.5) is 0 Å². The SMILES string of the molecule is Clc1ccc(C(=C([Se]c2ccccc2)[C@]23C[C@@]2(c2ccccc2)CC[C@H]3C[Se]c2ccccc2)c2ccc(Cl)cc2)cc1. The van der Waals surface area contributed by atoms with E-state index in [1.54, 1.807) is 4.47 Å². The Kier molecular flexibility index (Phi) is 8.45. The Morgan fingerprint density at radius 1 is 0.628 bits per heavy atom. The van der Waals surface area contributed by atoms with Crippen LogP contribution in [0.2, 0.25) is 15.4 Å². The molecule has 214 valence electrons. The van der Waals surface area contributed by atoms with Crippen molar-refractivity contribution in [3.05, 3.63) is 171 Å². The topological polar surface area (TPSA) is 0 Å². The third-order valence-corrected chi connectivity index (χ3v) is 15.0. The fraction of sp³-hybridized carbons (Fsp3) is 0.179. The van der Waals surface area contributed by atoms with Crippen molar-refractivity contribution in [2.45, 2.75) is 30.0 Å². The predicted octanol–water partition coefficient (Wildman–Crippen LogP) is 8.97. The van der Waals surface area contributed by atoms with Crippen LogP contribution in [0.1, 0.15) is 36.0 Å². The van der Waals surface area contributed by atoms with Gasteiger partial charge in [0.25, 0.3) is 0 Å². The van der Waals surface area contributed by atoms with Gasteiger partial charge >= 0.3 is 280 Å². The van der Waals surface area contributed by atoms with Crippen molar-refractivity contribution in [3.63, 3.8) is 0 Å². The van der Waals surface area contributed by atoms with Crippen LogP contribution in [-0.2, 0) is 5.41 Å². The summed E-state index contributed by atoms with van der Waals surface area (Å²) in [5.74, 6) is 0.628. The first-order valence-corrected chi connectivity index (χ1v) is 19.4. The Balaban J connectivity index is 1.46. The third-order valence-electron chi connectivity index (χ3n) is 9.31. The monoisotopic (exact) mass is 730 g/mol. The Bertz CT molecular complexity index is 1670. The minimum absolute atomic E-state index is 0.106. The number of rotatable bonds is 9. The number of benzene rings is 5. The van der Waals surface area contributed by atoms with Gasteiger partial charge in [0.2, 0.25) is 0 Å². The van der Waals surface area contributed by atoms with E-state index < -0.39 is 0 Å². The molecular weight excluding hydrogens is 697 g/mol. The molecule has 7 rings (SSSR count). The van der Waals surface area contributed by atoms with Crippen LogP contribution < -0.4 is 8.92 Å². The molecule has 2 fully saturated rings. The molecule has 0 aromatic heterocycles. The summed E-state index contributed by atoms with van der Waals surface area (Å²) < 4.78 is 4.55. The molecule has 43 heavy (non-hydrogen) atoms. The number of allylic oxidation sites excluding steroid dienone is 1. The van der Waals surface area contributed by atoms with Crippen LogP contribution in [0.25, 0.3) is 5.57 Å². The second-order valence-electron chi connectivity index (χ2n) is 11.6. The first-order chi connectivity index (χ1) is 21.1. The van der Waals surface area contributed by atoms with Crippen molar-refractivity contribution >= 4 is 67.6 Å². The van der Waals surface area contributed by atoms with E-state index in [0.29, 0.717) is 20.9 Å². The van der Waals surface area contributed by atoms with Crippen molar-refractivity contribution in [1.29, 1.82) is 0 Å². The van der Waals surface area contributed by atoms with Crippen LogP contribution in [0.3, 0.4) is 0 Å². The van der Waals surface area contributed by atoms with Gasteiger partial charge in [0.05, 0.1) is 0 Å². The summed E-state index contributed by atoms with van der Waals surface area (Å²) in [6.45, 7) is 0. The van der Waals surface area contributed by atoms with E-state index in [1.165, 1.54) is 55.8 Å². The first-order valence-electron chi connectivity index (χ1n) is 14.8. The number of fused-ring (bicyclic) bond motifs is 1. The van der Waals surface area contributed by atoms with Crippen molar-refractivity contribution in [2.24, 2.45) is 11.3 Å². The molecule has 0 bridgehead atoms. The zero-order chi connectivity index (χ0) is 29.3. The van der Waals surface area contributed by atoms with Gasteiger partial charge in [-0.1, -0.05) is 0 Å². The number of hydrogen-bond donors (Lipinski definition) is 0. The van der Waals surface area contributed by atoms with Gasteiger partial charge in [-0.15, -0.1) is 0 Å². The Labute approximate surface area is 277 Å². The second kappa shape index (κ2) is 12.5. The van der Waals surface area contributed by atoms with Gasteiger partial charge in [-0.05, 0) is 0 Å². The van der Waals surface area contributed by atoms with Crippen molar-refractivity contribution in [2.75, 3.05) is 0 Å². The molecule has 0 nitrogen and oxygen atoms in total. The molecule has 0 aliphatic heterocycles. The number of halogens is 2. The minimum atomic E-state index is 0.106. The van der Waals surface area contributed by atoms with E-state index in [-0.39, 0.29) is 25.8 Å². The number of hydrogen-bond acceptors (Lipinski definition) is 0. The molecule has 2 aliphatic carbocycles. The summed E-state index contributed by atoms with van der Waals surface area (Å²) in [4.78, 5) is 0. The summed E-state index contributed by atoms with van der Waals surface area (Å²) in [7, 11) is 0. The molecule has 0 heterocycles. The van der Waals surface area contributed by atoms with Crippen molar-refractivity contribution in [3.8, 4) is 0 Å². The van der Waals surface area contributed by atoms with Gasteiger partial charge in [0.1, 0.15) is 0 Å². The maximum absolute atomic E-state index is 6.45. The first kappa shape index (κ1) is 29.2. The van der Waals surface area contributed by atoms with Gasteiger partial charge in [0.15, 0.2) is 0 Å². The van der Waals surface area contributed by atoms with Crippen LogP contribution in [0.5, 0.6) is 0 Å². The summed E-state index contributed by atoms with van der Waals surface area (Å²) in [6.07, 6.45) is 3.73. The zero-order valence-electron chi connectivity index (χ0n) is 23.8. The molecule has 0 amide bonds. The van der Waals surface area contributed by atoms with Crippen LogP contribution >= 0.6 is 23.2 Å². The van der Waals surface area contributed by atoms with Crippen molar-refractivity contribution in [1.82, 2.24) is 0 Å². The van der Waals surface area contributed by atoms with Gasteiger partial charge in [-0.2, -0.15) is 0 Å². The fourth-order valence-electron chi connectivity index (χ4n) is 7.26. The van der Waals surface area contributed by atoms with Gasteiger partial charge in [-0.25, -0.2) is 0 Å². The van der Waals surface area contributed by atoms with E-state index in [1.807, 2.05) is 24.3 Å². The molecule has 2 aliphatic rings. The van der Waals surface area contributed by atoms with E-state index >= 15 is 0 Å². The zero-order valence-corrected chi connectivity index (χ0v) is 28.7. The van der Waals surface area contributed by atoms with Gasteiger partial charge in [-0.3, -0.25) is 0 Å². The summed E-state index contributed by atoms with van der Waals surface area (Å²) in [6, 6.07) is 50.8. The predicted molar refractivity (Wildman–Crippen MR) is 185 cm³/mol. The van der Waals surface area contributed by atoms with Crippen LogP contribution in [-0.4, -0.2) is 29.9 Å². The molecule has 4 heteroatoms. The Morgan fingerprint density at radius 2 is 1.14 bits per heavy atom. The summed E-state index contributed by atoms with van der Waals surface area (Å²) in [5, 5.41) is 2.79. The molecule has 0 saturated heterocycles. The molecule has 5 aromatic rings. The fourth-order valence-corrected chi connectivity index (χ4v) is 13.1. The average molecular weight is 730 g/mol. The Morgan fingerprint density at radius 3 is 1.70 bits per heavy atom. The van der Waals surface area contributed by atoms with E-state index in [2.05, 4.69) is 115 Å². The van der Waals surface area contributed by atoms with Crippen molar-refractivity contribution < 1.29 is 0 Å². The van der Waals surface area contributed by atoms with Gasteiger partial charge < -0.3 is 0 Å². The molecular formula is C39H32Cl2Se2. The molecule has 0 spiro atoms. The van der Waals surface area contributed by atoms with E-state index in [4.69, 9.17) is 23.2 Å². The molecule has 0 N–H and O–H groups in total. The molecule has 3 atom stereocenters. The summed E-state index contributed by atoms with van der Waals surface area (Å²) in [5.41, 5.74) is 5.63. The molecule has 0 unspecified atom stereocenters. The average Bonchev–Trinajstić information content (AvgIpc) is 3.64. The molecule has 5 aromatic carbocycles. The van der Waals surface area contributed by atoms with Crippen LogP contribution in [0.15, 0.2) is 144 Å². The third kappa shape index (κ3) is 5.60. The summed E-state index contributed by atoms with van der Waals surface area (Å²) >= 11 is 13.5. The van der Waals surface area contributed by atoms with Gasteiger partial charge in [0, 0.05) is 0 Å². The van der Waals surface area contributed by atoms with E-state index in [9.17, 15) is 0 Å². The maximum atomic E-state index is 6.45.